The van der Waals surface area contributed by atoms with Crippen molar-refractivity contribution in [1.82, 2.24) is 20.3 Å². The molecule has 34 heavy (non-hydrogen) atoms. The predicted molar refractivity (Wildman–Crippen MR) is 135 cm³/mol. The van der Waals surface area contributed by atoms with Crippen LogP contribution in [-0.2, 0) is 12.0 Å². The molecule has 0 atom stereocenters. The molecule has 0 unspecified atom stereocenters. The first-order valence-electron chi connectivity index (χ1n) is 11.5. The lowest BCUT2D eigenvalue weighted by Gasteiger charge is -2.20. The third kappa shape index (κ3) is 4.22. The van der Waals surface area contributed by atoms with Crippen molar-refractivity contribution in [1.29, 1.82) is 0 Å². The van der Waals surface area contributed by atoms with Crippen LogP contribution >= 0.6 is 11.8 Å². The van der Waals surface area contributed by atoms with Crippen LogP contribution in [0.1, 0.15) is 49.6 Å². The molecule has 2 aromatic heterocycles. The van der Waals surface area contributed by atoms with Crippen LogP contribution in [0, 0.1) is 0 Å². The summed E-state index contributed by atoms with van der Waals surface area (Å²) in [5.41, 5.74) is 5.18. The molecule has 0 spiro atoms. The van der Waals surface area contributed by atoms with E-state index in [1.54, 1.807) is 30.1 Å². The molecule has 3 heterocycles. The largest absolute Gasteiger partial charge is 0.480 e. The lowest BCUT2D eigenvalue weighted by molar-refractivity contribution is 0.245. The van der Waals surface area contributed by atoms with Crippen molar-refractivity contribution in [3.63, 3.8) is 0 Å². The van der Waals surface area contributed by atoms with E-state index in [0.29, 0.717) is 24.9 Å². The zero-order chi connectivity index (χ0) is 23.9. The van der Waals surface area contributed by atoms with Crippen molar-refractivity contribution in [2.75, 3.05) is 24.8 Å². The molecule has 1 saturated carbocycles. The van der Waals surface area contributed by atoms with Gasteiger partial charge in [0.2, 0.25) is 5.88 Å². The number of amides is 2. The Morgan fingerprint density at radius 2 is 1.94 bits per heavy atom. The molecule has 1 fully saturated rings. The number of thioether (sulfide) groups is 1. The van der Waals surface area contributed by atoms with Gasteiger partial charge >= 0.3 is 6.03 Å². The first kappa shape index (κ1) is 22.7. The highest BCUT2D eigenvalue weighted by atomic mass is 32.2. The average molecular weight is 476 g/mol. The number of methoxy groups -OCH3 is 1. The number of rotatable bonds is 6. The van der Waals surface area contributed by atoms with E-state index in [4.69, 9.17) is 9.72 Å². The van der Waals surface area contributed by atoms with Crippen molar-refractivity contribution in [2.24, 2.45) is 0 Å². The Kier molecular flexibility index (Phi) is 5.93. The van der Waals surface area contributed by atoms with E-state index in [0.717, 1.165) is 46.7 Å². The first-order chi connectivity index (χ1) is 16.4. The topological polar surface area (TPSA) is 80.2 Å². The van der Waals surface area contributed by atoms with E-state index >= 15 is 0 Å². The number of nitrogens with one attached hydrogen (secondary N) is 1. The van der Waals surface area contributed by atoms with Crippen LogP contribution in [0.2, 0.25) is 0 Å². The van der Waals surface area contributed by atoms with Gasteiger partial charge in [-0.25, -0.2) is 19.7 Å². The first-order valence-corrected chi connectivity index (χ1v) is 12.7. The van der Waals surface area contributed by atoms with Crippen molar-refractivity contribution >= 4 is 23.5 Å². The quantitative estimate of drug-likeness (QED) is 0.497. The number of hydrogen-bond donors (Lipinski definition) is 1. The average Bonchev–Trinajstić information content (AvgIpc) is 3.67. The molecular formula is C26H29N5O2S. The molecule has 5 rings (SSSR count). The fourth-order valence-corrected chi connectivity index (χ4v) is 4.91. The van der Waals surface area contributed by atoms with Gasteiger partial charge in [-0.15, -0.1) is 11.8 Å². The molecule has 176 valence electrons. The Balaban J connectivity index is 1.42. The summed E-state index contributed by atoms with van der Waals surface area (Å²) in [6.45, 7) is 5.29. The molecule has 1 aromatic carbocycles. The lowest BCUT2D eigenvalue weighted by Crippen LogP contribution is -2.41. The second-order valence-corrected chi connectivity index (χ2v) is 10.3. The normalized spacial score (nSPS) is 16.3. The number of aromatic nitrogens is 3. The minimum absolute atomic E-state index is 0.116. The standard InChI is InChI=1S/C26H29N5O2S/c1-26(2)14-31(25(32)27-13-16-5-9-18(34-4)10-6-16)20-12-11-19(30-23(20)26)21-22(17-7-8-17)28-15-29-24(21)33-3/h5-6,9-12,15,17H,7-8,13-14H2,1-4H3,(H,27,32). The van der Waals surface area contributed by atoms with Gasteiger partial charge in [0.15, 0.2) is 0 Å². The second-order valence-electron chi connectivity index (χ2n) is 9.46. The van der Waals surface area contributed by atoms with E-state index in [9.17, 15) is 4.79 Å². The maximum Gasteiger partial charge on any atom is 0.322 e. The number of pyridine rings is 1. The van der Waals surface area contributed by atoms with Crippen molar-refractivity contribution in [3.05, 3.63) is 59.7 Å². The Morgan fingerprint density at radius 1 is 1.18 bits per heavy atom. The van der Waals surface area contributed by atoms with Gasteiger partial charge in [0.05, 0.1) is 35.4 Å². The van der Waals surface area contributed by atoms with Gasteiger partial charge in [-0.2, -0.15) is 0 Å². The monoisotopic (exact) mass is 475 g/mol. The molecule has 1 aliphatic carbocycles. The maximum absolute atomic E-state index is 13.1. The van der Waals surface area contributed by atoms with Crippen LogP contribution in [0.4, 0.5) is 10.5 Å². The highest BCUT2D eigenvalue weighted by Gasteiger charge is 2.40. The molecule has 0 saturated heterocycles. The molecule has 7 nitrogen and oxygen atoms in total. The molecule has 2 aliphatic rings. The van der Waals surface area contributed by atoms with Crippen molar-refractivity contribution in [3.8, 4) is 17.1 Å². The zero-order valence-corrected chi connectivity index (χ0v) is 20.8. The summed E-state index contributed by atoms with van der Waals surface area (Å²) in [7, 11) is 1.63. The summed E-state index contributed by atoms with van der Waals surface area (Å²) in [6, 6.07) is 12.1. The van der Waals surface area contributed by atoms with Crippen LogP contribution in [0.15, 0.2) is 47.6 Å². The van der Waals surface area contributed by atoms with E-state index in [2.05, 4.69) is 59.7 Å². The highest BCUT2D eigenvalue weighted by molar-refractivity contribution is 7.98. The summed E-state index contributed by atoms with van der Waals surface area (Å²) >= 11 is 1.70. The molecule has 0 radical (unpaired) electrons. The fourth-order valence-electron chi connectivity index (χ4n) is 4.50. The summed E-state index contributed by atoms with van der Waals surface area (Å²) in [6.07, 6.45) is 5.86. The van der Waals surface area contributed by atoms with Crippen LogP contribution in [0.25, 0.3) is 11.3 Å². The van der Waals surface area contributed by atoms with Gasteiger partial charge in [0.25, 0.3) is 0 Å². The van der Waals surface area contributed by atoms with E-state index in [-0.39, 0.29) is 11.4 Å². The van der Waals surface area contributed by atoms with Crippen LogP contribution < -0.4 is 15.0 Å². The summed E-state index contributed by atoms with van der Waals surface area (Å²) < 4.78 is 5.57. The van der Waals surface area contributed by atoms with Gasteiger partial charge in [-0.3, -0.25) is 4.90 Å². The molecule has 8 heteroatoms. The van der Waals surface area contributed by atoms with E-state index < -0.39 is 0 Å². The Hall–Kier alpha value is -3.13. The van der Waals surface area contributed by atoms with Crippen molar-refractivity contribution in [2.45, 2.75) is 49.5 Å². The van der Waals surface area contributed by atoms with Crippen LogP contribution in [-0.4, -0.2) is 40.9 Å². The Morgan fingerprint density at radius 3 is 2.62 bits per heavy atom. The van der Waals surface area contributed by atoms with E-state index in [1.807, 2.05) is 12.1 Å². The van der Waals surface area contributed by atoms with Gasteiger partial charge in [-0.05, 0) is 48.9 Å². The molecule has 1 aliphatic heterocycles. The summed E-state index contributed by atoms with van der Waals surface area (Å²) in [5, 5.41) is 3.07. The smallest absolute Gasteiger partial charge is 0.322 e. The predicted octanol–water partition coefficient (Wildman–Crippen LogP) is 5.15. The SMILES string of the molecule is COc1ncnc(C2CC2)c1-c1ccc2c(n1)C(C)(C)CN2C(=O)NCc1ccc(SC)cc1. The van der Waals surface area contributed by atoms with Gasteiger partial charge < -0.3 is 10.1 Å². The zero-order valence-electron chi connectivity index (χ0n) is 20.0. The van der Waals surface area contributed by atoms with Gasteiger partial charge in [0.1, 0.15) is 6.33 Å². The van der Waals surface area contributed by atoms with Gasteiger partial charge in [0, 0.05) is 29.3 Å². The van der Waals surface area contributed by atoms with E-state index in [1.165, 1.54) is 4.90 Å². The summed E-state index contributed by atoms with van der Waals surface area (Å²) in [4.78, 5) is 30.1. The number of carbonyl (C=O) groups excluding carboxylic acids is 1. The van der Waals surface area contributed by atoms with Crippen LogP contribution in [0.5, 0.6) is 5.88 Å². The van der Waals surface area contributed by atoms with Crippen LogP contribution in [0.3, 0.4) is 0 Å². The highest BCUT2D eigenvalue weighted by Crippen LogP contribution is 2.47. The maximum atomic E-state index is 13.1. The summed E-state index contributed by atoms with van der Waals surface area (Å²) in [5.74, 6) is 0.976. The fraction of sp³-hybridized carbons (Fsp3) is 0.385. The number of ether oxygens (including phenoxy) is 1. The number of urea groups is 1. The van der Waals surface area contributed by atoms with Crippen molar-refractivity contribution < 1.29 is 9.53 Å². The number of fused-ring (bicyclic) bond motifs is 1. The number of anilines is 1. The minimum atomic E-state index is -0.286. The molecule has 3 aromatic rings. The molecular weight excluding hydrogens is 446 g/mol. The Bertz CT molecular complexity index is 1220. The molecule has 0 bridgehead atoms. The third-order valence-electron chi connectivity index (χ3n) is 6.46. The third-order valence-corrected chi connectivity index (χ3v) is 7.21. The lowest BCUT2D eigenvalue weighted by atomic mass is 9.91. The Labute approximate surface area is 204 Å². The van der Waals surface area contributed by atoms with Gasteiger partial charge in [-0.1, -0.05) is 26.0 Å². The number of carbonyl (C=O) groups is 1. The number of nitrogens with zero attached hydrogens (tertiary/aromatic N) is 4. The second kappa shape index (κ2) is 8.91. The molecule has 1 N–H and O–H groups in total. The number of benzene rings is 1. The molecule has 2 amide bonds. The minimum Gasteiger partial charge on any atom is -0.480 e. The number of hydrogen-bond acceptors (Lipinski definition) is 6.